The Hall–Kier alpha value is -2.38. The molecule has 0 radical (unpaired) electrons. The van der Waals surface area contributed by atoms with Crippen molar-refractivity contribution in [3.63, 3.8) is 0 Å². The van der Waals surface area contributed by atoms with E-state index in [9.17, 15) is 9.59 Å². The molecular formula is C23H36N6O2. The Kier molecular flexibility index (Phi) is 6.62. The molecule has 2 aromatic rings. The van der Waals surface area contributed by atoms with Crippen LogP contribution in [0.15, 0.2) is 11.0 Å². The lowest BCUT2D eigenvalue weighted by Gasteiger charge is -2.33. The van der Waals surface area contributed by atoms with Crippen molar-refractivity contribution in [3.8, 4) is 0 Å². The van der Waals surface area contributed by atoms with Crippen LogP contribution in [0, 0.1) is 5.92 Å². The maximum absolute atomic E-state index is 13.6. The van der Waals surface area contributed by atoms with Gasteiger partial charge in [0, 0.05) is 37.6 Å². The number of hydrogen-bond acceptors (Lipinski definition) is 5. The maximum atomic E-state index is 13.6. The van der Waals surface area contributed by atoms with Gasteiger partial charge in [0.1, 0.15) is 5.52 Å². The van der Waals surface area contributed by atoms with Crippen molar-refractivity contribution in [1.29, 1.82) is 0 Å². The summed E-state index contributed by atoms with van der Waals surface area (Å²) in [5.41, 5.74) is 1.62. The summed E-state index contributed by atoms with van der Waals surface area (Å²) in [6, 6.07) is 0.300. The number of carbonyl (C=O) groups excluding carboxylic acids is 1. The standard InChI is InChI=1S/C23H36N6O2/c1-4-5-12-24-22-25-15-19-20(26-22)29(23(31)28(19)17-8-6-7-9-17)18-10-13-27(14-11-18)21(30)16(2)3/h15-18H,4-14H2,1-3H3,(H,24,25,26). The van der Waals surface area contributed by atoms with Crippen LogP contribution in [-0.4, -0.2) is 49.5 Å². The number of anilines is 1. The summed E-state index contributed by atoms with van der Waals surface area (Å²) < 4.78 is 3.85. The highest BCUT2D eigenvalue weighted by Crippen LogP contribution is 2.33. The van der Waals surface area contributed by atoms with Gasteiger partial charge in [0.2, 0.25) is 11.9 Å². The third kappa shape index (κ3) is 4.34. The number of unbranched alkanes of at least 4 members (excludes halogenated alkanes) is 1. The molecule has 4 rings (SSSR count). The number of nitrogens with one attached hydrogen (secondary N) is 1. The normalized spacial score (nSPS) is 18.4. The largest absolute Gasteiger partial charge is 0.354 e. The van der Waals surface area contributed by atoms with Gasteiger partial charge >= 0.3 is 5.69 Å². The molecule has 8 heteroatoms. The van der Waals surface area contributed by atoms with Crippen LogP contribution in [0.1, 0.15) is 84.2 Å². The van der Waals surface area contributed by atoms with Crippen LogP contribution in [0.4, 0.5) is 5.95 Å². The third-order valence-electron chi connectivity index (χ3n) is 6.79. The Balaban J connectivity index is 1.67. The Morgan fingerprint density at radius 1 is 1.13 bits per heavy atom. The average Bonchev–Trinajstić information content (AvgIpc) is 3.38. The predicted octanol–water partition coefficient (Wildman–Crippen LogP) is 3.74. The van der Waals surface area contributed by atoms with E-state index in [2.05, 4.69) is 17.2 Å². The van der Waals surface area contributed by atoms with Crippen molar-refractivity contribution >= 4 is 23.0 Å². The van der Waals surface area contributed by atoms with E-state index in [0.717, 1.165) is 69.1 Å². The van der Waals surface area contributed by atoms with Crippen LogP contribution in [0.3, 0.4) is 0 Å². The smallest absolute Gasteiger partial charge is 0.330 e. The van der Waals surface area contributed by atoms with Crippen molar-refractivity contribution in [2.24, 2.45) is 5.92 Å². The van der Waals surface area contributed by atoms with E-state index in [1.54, 1.807) is 0 Å². The highest BCUT2D eigenvalue weighted by Gasteiger charge is 2.31. The molecule has 1 amide bonds. The molecule has 2 aliphatic rings. The molecule has 3 heterocycles. The van der Waals surface area contributed by atoms with E-state index in [0.29, 0.717) is 19.0 Å². The second-order valence-corrected chi connectivity index (χ2v) is 9.35. The first-order chi connectivity index (χ1) is 15.0. The number of imidazole rings is 1. The van der Waals surface area contributed by atoms with Gasteiger partial charge in [-0.25, -0.2) is 9.78 Å². The fourth-order valence-electron chi connectivity index (χ4n) is 5.04. The molecule has 31 heavy (non-hydrogen) atoms. The highest BCUT2D eigenvalue weighted by atomic mass is 16.2. The Labute approximate surface area is 184 Å². The molecule has 2 aromatic heterocycles. The number of fused-ring (bicyclic) bond motifs is 1. The fourth-order valence-corrected chi connectivity index (χ4v) is 5.04. The third-order valence-corrected chi connectivity index (χ3v) is 6.79. The van der Waals surface area contributed by atoms with Gasteiger partial charge in [0.15, 0.2) is 5.65 Å². The number of piperidine rings is 1. The molecule has 0 unspecified atom stereocenters. The molecule has 1 aliphatic heterocycles. The van der Waals surface area contributed by atoms with E-state index >= 15 is 0 Å². The summed E-state index contributed by atoms with van der Waals surface area (Å²) in [5.74, 6) is 0.794. The molecule has 0 bridgehead atoms. The minimum absolute atomic E-state index is 0.00745. The molecule has 2 fully saturated rings. The van der Waals surface area contributed by atoms with E-state index in [-0.39, 0.29) is 29.6 Å². The van der Waals surface area contributed by atoms with Crippen LogP contribution < -0.4 is 11.0 Å². The van der Waals surface area contributed by atoms with E-state index in [1.807, 2.05) is 34.1 Å². The van der Waals surface area contributed by atoms with Crippen LogP contribution >= 0.6 is 0 Å². The van der Waals surface area contributed by atoms with E-state index in [1.165, 1.54) is 0 Å². The van der Waals surface area contributed by atoms with Crippen LogP contribution in [0.2, 0.25) is 0 Å². The number of aromatic nitrogens is 4. The van der Waals surface area contributed by atoms with Crippen LogP contribution in [0.25, 0.3) is 11.2 Å². The number of rotatable bonds is 7. The Morgan fingerprint density at radius 3 is 2.45 bits per heavy atom. The summed E-state index contributed by atoms with van der Waals surface area (Å²) in [4.78, 5) is 37.3. The first-order valence-corrected chi connectivity index (χ1v) is 12.0. The molecule has 0 spiro atoms. The zero-order chi connectivity index (χ0) is 22.0. The second-order valence-electron chi connectivity index (χ2n) is 9.35. The number of nitrogens with zero attached hydrogens (tertiary/aromatic N) is 5. The first-order valence-electron chi connectivity index (χ1n) is 12.0. The first kappa shape index (κ1) is 21.8. The van der Waals surface area contributed by atoms with Crippen LogP contribution in [-0.2, 0) is 4.79 Å². The van der Waals surface area contributed by atoms with Gasteiger partial charge < -0.3 is 10.2 Å². The minimum Gasteiger partial charge on any atom is -0.354 e. The highest BCUT2D eigenvalue weighted by molar-refractivity contribution is 5.78. The SMILES string of the molecule is CCCCNc1ncc2c(n1)n(C1CCN(C(=O)C(C)C)CC1)c(=O)n2C1CCCC1. The van der Waals surface area contributed by atoms with Crippen molar-refractivity contribution < 1.29 is 4.79 Å². The molecular weight excluding hydrogens is 392 g/mol. The molecule has 170 valence electrons. The number of amides is 1. The lowest BCUT2D eigenvalue weighted by atomic mass is 10.0. The quantitative estimate of drug-likeness (QED) is 0.679. The van der Waals surface area contributed by atoms with Crippen molar-refractivity contribution in [2.45, 2.75) is 84.2 Å². The summed E-state index contributed by atoms with van der Waals surface area (Å²) >= 11 is 0. The lowest BCUT2D eigenvalue weighted by molar-refractivity contribution is -0.135. The summed E-state index contributed by atoms with van der Waals surface area (Å²) in [6.07, 6.45) is 9.95. The average molecular weight is 429 g/mol. The summed E-state index contributed by atoms with van der Waals surface area (Å²) in [7, 11) is 0. The Morgan fingerprint density at radius 2 is 1.81 bits per heavy atom. The van der Waals surface area contributed by atoms with Crippen LogP contribution in [0.5, 0.6) is 0 Å². The Bertz CT molecular complexity index is 964. The van der Waals surface area contributed by atoms with Gasteiger partial charge in [0.05, 0.1) is 6.20 Å². The number of carbonyl (C=O) groups is 1. The minimum atomic E-state index is 0.00745. The topological polar surface area (TPSA) is 85.1 Å². The van der Waals surface area contributed by atoms with Gasteiger partial charge in [-0.15, -0.1) is 0 Å². The molecule has 8 nitrogen and oxygen atoms in total. The summed E-state index contributed by atoms with van der Waals surface area (Å²) in [5, 5.41) is 3.30. The van der Waals surface area contributed by atoms with Gasteiger partial charge in [-0.05, 0) is 32.1 Å². The van der Waals surface area contributed by atoms with Gasteiger partial charge in [-0.1, -0.05) is 40.0 Å². The molecule has 1 N–H and O–H groups in total. The van der Waals surface area contributed by atoms with Crippen molar-refractivity contribution in [2.75, 3.05) is 25.0 Å². The molecule has 0 aromatic carbocycles. The maximum Gasteiger partial charge on any atom is 0.330 e. The van der Waals surface area contributed by atoms with Crippen molar-refractivity contribution in [3.05, 3.63) is 16.7 Å². The number of likely N-dealkylation sites (tertiary alicyclic amines) is 1. The molecule has 1 saturated carbocycles. The van der Waals surface area contributed by atoms with Gasteiger partial charge in [-0.2, -0.15) is 4.98 Å². The van der Waals surface area contributed by atoms with E-state index < -0.39 is 0 Å². The zero-order valence-electron chi connectivity index (χ0n) is 19.1. The second kappa shape index (κ2) is 9.40. The van der Waals surface area contributed by atoms with Gasteiger partial charge in [-0.3, -0.25) is 13.9 Å². The van der Waals surface area contributed by atoms with E-state index in [4.69, 9.17) is 4.98 Å². The lowest BCUT2D eigenvalue weighted by Crippen LogP contribution is -2.42. The zero-order valence-corrected chi connectivity index (χ0v) is 19.1. The predicted molar refractivity (Wildman–Crippen MR) is 122 cm³/mol. The van der Waals surface area contributed by atoms with Gasteiger partial charge in [0.25, 0.3) is 0 Å². The number of hydrogen-bond donors (Lipinski definition) is 1. The summed E-state index contributed by atoms with van der Waals surface area (Å²) in [6.45, 7) is 8.25. The fraction of sp³-hybridized carbons (Fsp3) is 0.739. The molecule has 1 aliphatic carbocycles. The molecule has 0 atom stereocenters. The monoisotopic (exact) mass is 428 g/mol. The van der Waals surface area contributed by atoms with Crippen molar-refractivity contribution in [1.82, 2.24) is 24.0 Å². The molecule has 1 saturated heterocycles.